The van der Waals surface area contributed by atoms with E-state index in [1.165, 1.54) is 31.2 Å². The predicted molar refractivity (Wildman–Crippen MR) is 76.9 cm³/mol. The zero-order chi connectivity index (χ0) is 17.1. The number of nitro groups is 2. The SMILES string of the molecule is CC1=C(C(=O)O)C(c2cccc([N+](=O)[O-])c2)N=C(N[N+](=O)[O-])N1. The van der Waals surface area contributed by atoms with Crippen LogP contribution in [-0.2, 0) is 4.79 Å². The van der Waals surface area contributed by atoms with E-state index in [1.807, 2.05) is 5.43 Å². The van der Waals surface area contributed by atoms with Crippen LogP contribution in [-0.4, -0.2) is 27.0 Å². The summed E-state index contributed by atoms with van der Waals surface area (Å²) in [4.78, 5) is 36.1. The second-order valence-electron chi connectivity index (χ2n) is 4.57. The lowest BCUT2D eigenvalue weighted by Crippen LogP contribution is -2.43. The van der Waals surface area contributed by atoms with Crippen molar-refractivity contribution in [3.63, 3.8) is 0 Å². The second-order valence-corrected chi connectivity index (χ2v) is 4.57. The van der Waals surface area contributed by atoms with E-state index < -0.39 is 22.0 Å². The molecule has 23 heavy (non-hydrogen) atoms. The number of carboxylic acid groups (broad SMARTS) is 1. The number of aliphatic carboxylic acids is 1. The van der Waals surface area contributed by atoms with Gasteiger partial charge in [-0.05, 0) is 12.5 Å². The lowest BCUT2D eigenvalue weighted by atomic mass is 9.96. The standard InChI is InChI=1S/C12H11N5O6/c1-6-9(11(18)19)10(14-12(13-6)15-17(22)23)7-3-2-4-8(5-7)16(20)21/h2-5,10H,1H3,(H,18,19)(H2,13,14,15). The summed E-state index contributed by atoms with van der Waals surface area (Å²) < 4.78 is 0. The molecule has 0 aromatic heterocycles. The summed E-state index contributed by atoms with van der Waals surface area (Å²) in [5.74, 6) is -1.54. The van der Waals surface area contributed by atoms with Crippen LogP contribution < -0.4 is 10.7 Å². The number of allylic oxidation sites excluding steroid dienone is 1. The highest BCUT2D eigenvalue weighted by Crippen LogP contribution is 2.32. The number of nitrogens with zero attached hydrogens (tertiary/aromatic N) is 3. The number of benzene rings is 1. The number of hydrazine groups is 1. The third-order valence-corrected chi connectivity index (χ3v) is 3.07. The van der Waals surface area contributed by atoms with E-state index in [2.05, 4.69) is 10.3 Å². The summed E-state index contributed by atoms with van der Waals surface area (Å²) in [5, 5.41) is 32.3. The molecule has 11 heteroatoms. The molecule has 0 amide bonds. The van der Waals surface area contributed by atoms with Crippen molar-refractivity contribution in [2.45, 2.75) is 13.0 Å². The van der Waals surface area contributed by atoms with Crippen molar-refractivity contribution in [3.8, 4) is 0 Å². The molecule has 0 aliphatic carbocycles. The van der Waals surface area contributed by atoms with Gasteiger partial charge in [0.1, 0.15) is 6.04 Å². The number of aliphatic imine (C=N–C) groups is 1. The van der Waals surface area contributed by atoms with Gasteiger partial charge >= 0.3 is 5.97 Å². The van der Waals surface area contributed by atoms with Crippen molar-refractivity contribution in [1.29, 1.82) is 0 Å². The topological polar surface area (TPSA) is 160 Å². The molecule has 1 heterocycles. The van der Waals surface area contributed by atoms with Crippen molar-refractivity contribution < 1.29 is 19.9 Å². The molecule has 120 valence electrons. The van der Waals surface area contributed by atoms with Crippen LogP contribution in [0.3, 0.4) is 0 Å². The number of carboxylic acids is 1. The van der Waals surface area contributed by atoms with Crippen LogP contribution in [0.25, 0.3) is 0 Å². The van der Waals surface area contributed by atoms with Gasteiger partial charge in [0.05, 0.1) is 10.5 Å². The van der Waals surface area contributed by atoms with Gasteiger partial charge in [0, 0.05) is 17.8 Å². The molecular weight excluding hydrogens is 310 g/mol. The van der Waals surface area contributed by atoms with E-state index >= 15 is 0 Å². The first-order chi connectivity index (χ1) is 10.8. The van der Waals surface area contributed by atoms with E-state index in [-0.39, 0.29) is 28.5 Å². The normalized spacial score (nSPS) is 17.1. The molecule has 0 radical (unpaired) electrons. The van der Waals surface area contributed by atoms with Gasteiger partial charge < -0.3 is 10.4 Å². The third-order valence-electron chi connectivity index (χ3n) is 3.07. The Kier molecular flexibility index (Phi) is 4.21. The molecule has 1 aromatic rings. The highest BCUT2D eigenvalue weighted by molar-refractivity contribution is 5.93. The molecule has 1 aliphatic heterocycles. The average molecular weight is 321 g/mol. The lowest BCUT2D eigenvalue weighted by Gasteiger charge is -2.23. The number of hydrogen-bond acceptors (Lipinski definition) is 7. The first-order valence-electron chi connectivity index (χ1n) is 6.24. The van der Waals surface area contributed by atoms with Crippen molar-refractivity contribution in [2.75, 3.05) is 0 Å². The molecule has 1 aliphatic rings. The summed E-state index contributed by atoms with van der Waals surface area (Å²) in [6, 6.07) is 4.17. The zero-order valence-electron chi connectivity index (χ0n) is 11.7. The van der Waals surface area contributed by atoms with E-state index in [0.717, 1.165) is 0 Å². The lowest BCUT2D eigenvalue weighted by molar-refractivity contribution is -0.525. The van der Waals surface area contributed by atoms with Gasteiger partial charge in [-0.2, -0.15) is 0 Å². The van der Waals surface area contributed by atoms with Crippen LogP contribution in [0.4, 0.5) is 5.69 Å². The molecule has 0 saturated heterocycles. The Labute approximate surface area is 128 Å². The van der Waals surface area contributed by atoms with Crippen molar-refractivity contribution in [3.05, 3.63) is 61.3 Å². The average Bonchev–Trinajstić information content (AvgIpc) is 2.45. The summed E-state index contributed by atoms with van der Waals surface area (Å²) in [6.45, 7) is 1.42. The van der Waals surface area contributed by atoms with Gasteiger partial charge in [0.2, 0.25) is 0 Å². The molecule has 0 spiro atoms. The van der Waals surface area contributed by atoms with Gasteiger partial charge in [-0.3, -0.25) is 10.1 Å². The van der Waals surface area contributed by atoms with Crippen molar-refractivity contribution >= 4 is 17.6 Å². The number of nitro benzene ring substituents is 1. The minimum absolute atomic E-state index is 0.147. The number of carbonyl (C=O) groups is 1. The highest BCUT2D eigenvalue weighted by Gasteiger charge is 2.31. The number of guanidine groups is 1. The fourth-order valence-electron chi connectivity index (χ4n) is 2.15. The van der Waals surface area contributed by atoms with Gasteiger partial charge in [0.15, 0.2) is 5.03 Å². The molecular formula is C12H11N5O6. The summed E-state index contributed by atoms with van der Waals surface area (Å²) in [6.07, 6.45) is 0. The fraction of sp³-hybridized carbons (Fsp3) is 0.167. The van der Waals surface area contributed by atoms with Crippen LogP contribution in [0, 0.1) is 20.2 Å². The molecule has 0 saturated carbocycles. The van der Waals surface area contributed by atoms with E-state index in [1.54, 1.807) is 0 Å². The first kappa shape index (κ1) is 15.9. The van der Waals surface area contributed by atoms with Crippen molar-refractivity contribution in [2.24, 2.45) is 4.99 Å². The fourth-order valence-corrected chi connectivity index (χ4v) is 2.15. The van der Waals surface area contributed by atoms with Gasteiger partial charge in [-0.25, -0.2) is 19.9 Å². The van der Waals surface area contributed by atoms with Gasteiger partial charge in [-0.15, -0.1) is 0 Å². The molecule has 1 atom stereocenters. The monoisotopic (exact) mass is 321 g/mol. The van der Waals surface area contributed by atoms with E-state index in [0.29, 0.717) is 0 Å². The van der Waals surface area contributed by atoms with Crippen molar-refractivity contribution in [1.82, 2.24) is 10.7 Å². The molecule has 0 bridgehead atoms. The minimum Gasteiger partial charge on any atom is -0.478 e. The number of nitrogens with one attached hydrogen (secondary N) is 2. The Morgan fingerprint density at radius 3 is 2.65 bits per heavy atom. The second kappa shape index (κ2) is 6.09. The maximum atomic E-state index is 11.4. The maximum Gasteiger partial charge on any atom is 0.335 e. The number of non-ortho nitro benzene ring substituents is 1. The largest absolute Gasteiger partial charge is 0.478 e. The Hall–Kier alpha value is -3.50. The van der Waals surface area contributed by atoms with E-state index in [4.69, 9.17) is 0 Å². The minimum atomic E-state index is -1.28. The zero-order valence-corrected chi connectivity index (χ0v) is 11.7. The van der Waals surface area contributed by atoms with E-state index in [9.17, 15) is 30.1 Å². The smallest absolute Gasteiger partial charge is 0.335 e. The Balaban J connectivity index is 2.52. The summed E-state index contributed by atoms with van der Waals surface area (Å²) in [5.41, 5.74) is 1.80. The number of rotatable bonds is 4. The predicted octanol–water partition coefficient (Wildman–Crippen LogP) is 0.735. The quantitative estimate of drug-likeness (QED) is 0.540. The molecule has 2 rings (SSSR count). The Bertz CT molecular complexity index is 756. The molecule has 1 unspecified atom stereocenters. The van der Waals surface area contributed by atoms with Gasteiger partial charge in [0.25, 0.3) is 11.6 Å². The summed E-state index contributed by atoms with van der Waals surface area (Å²) in [7, 11) is 0. The van der Waals surface area contributed by atoms with Crippen LogP contribution >= 0.6 is 0 Å². The van der Waals surface area contributed by atoms with Crippen LogP contribution in [0.15, 0.2) is 40.5 Å². The van der Waals surface area contributed by atoms with Gasteiger partial charge in [-0.1, -0.05) is 17.6 Å². The molecule has 0 fully saturated rings. The first-order valence-corrected chi connectivity index (χ1v) is 6.24. The maximum absolute atomic E-state index is 11.4. The third kappa shape index (κ3) is 3.40. The Morgan fingerprint density at radius 2 is 2.09 bits per heavy atom. The highest BCUT2D eigenvalue weighted by atomic mass is 16.7. The Morgan fingerprint density at radius 1 is 1.39 bits per heavy atom. The number of hydrogen-bond donors (Lipinski definition) is 3. The van der Waals surface area contributed by atoms with Crippen LogP contribution in [0.5, 0.6) is 0 Å². The molecule has 3 N–H and O–H groups in total. The van der Waals surface area contributed by atoms with Crippen LogP contribution in [0.1, 0.15) is 18.5 Å². The molecule has 11 nitrogen and oxygen atoms in total. The molecule has 1 aromatic carbocycles. The van der Waals surface area contributed by atoms with Crippen LogP contribution in [0.2, 0.25) is 0 Å². The summed E-state index contributed by atoms with van der Waals surface area (Å²) >= 11 is 0.